The van der Waals surface area contributed by atoms with Gasteiger partial charge in [0.05, 0.1) is 20.1 Å². The summed E-state index contributed by atoms with van der Waals surface area (Å²) in [6.07, 6.45) is 1.27. The molecular formula is C15H21NO5S. The normalized spacial score (nSPS) is 19.7. The molecule has 1 unspecified atom stereocenters. The number of piperidine rings is 1. The third-order valence-corrected chi connectivity index (χ3v) is 5.74. The second kappa shape index (κ2) is 6.66. The van der Waals surface area contributed by atoms with Crippen LogP contribution < -0.4 is 4.74 Å². The van der Waals surface area contributed by atoms with Crippen LogP contribution in [0.1, 0.15) is 18.4 Å². The zero-order valence-electron chi connectivity index (χ0n) is 13.0. The molecule has 1 atom stereocenters. The third-order valence-electron chi connectivity index (χ3n) is 3.86. The molecule has 22 heavy (non-hydrogen) atoms. The molecule has 2 rings (SSSR count). The van der Waals surface area contributed by atoms with Crippen molar-refractivity contribution >= 4 is 16.0 Å². The number of rotatable bonds is 4. The molecule has 0 bridgehead atoms. The van der Waals surface area contributed by atoms with Gasteiger partial charge in [0.15, 0.2) is 0 Å². The smallest absolute Gasteiger partial charge is 0.309 e. The van der Waals surface area contributed by atoms with Crippen molar-refractivity contribution in [2.75, 3.05) is 27.3 Å². The van der Waals surface area contributed by atoms with Gasteiger partial charge in [-0.15, -0.1) is 0 Å². The first kappa shape index (κ1) is 16.8. The maximum atomic E-state index is 12.9. The van der Waals surface area contributed by atoms with Gasteiger partial charge in [0, 0.05) is 13.1 Å². The molecule has 0 N–H and O–H groups in total. The number of sulfonamides is 1. The number of methoxy groups -OCH3 is 2. The highest BCUT2D eigenvalue weighted by atomic mass is 32.2. The van der Waals surface area contributed by atoms with Crippen LogP contribution in [-0.4, -0.2) is 46.0 Å². The van der Waals surface area contributed by atoms with Gasteiger partial charge in [0.2, 0.25) is 10.0 Å². The fourth-order valence-corrected chi connectivity index (χ4v) is 4.41. The standard InChI is InChI=1S/C15H21NO5S/c1-11-6-7-13(20-2)14(9-11)22(18,19)16-8-4-5-12(10-16)15(17)21-3/h6-7,9,12H,4-5,8,10H2,1-3H3. The van der Waals surface area contributed by atoms with Gasteiger partial charge < -0.3 is 9.47 Å². The molecule has 0 aliphatic carbocycles. The lowest BCUT2D eigenvalue weighted by Crippen LogP contribution is -2.42. The SMILES string of the molecule is COC(=O)C1CCCN(S(=O)(=O)c2cc(C)ccc2OC)C1. The van der Waals surface area contributed by atoms with E-state index in [-0.39, 0.29) is 17.4 Å². The summed E-state index contributed by atoms with van der Waals surface area (Å²) in [5, 5.41) is 0. The van der Waals surface area contributed by atoms with E-state index in [1.807, 2.05) is 6.92 Å². The van der Waals surface area contributed by atoms with Gasteiger partial charge in [-0.2, -0.15) is 4.31 Å². The molecule has 0 amide bonds. The second-order valence-electron chi connectivity index (χ2n) is 5.38. The fourth-order valence-electron chi connectivity index (χ4n) is 2.64. The minimum absolute atomic E-state index is 0.139. The van der Waals surface area contributed by atoms with Gasteiger partial charge >= 0.3 is 5.97 Å². The van der Waals surface area contributed by atoms with Crippen LogP contribution >= 0.6 is 0 Å². The molecule has 1 saturated heterocycles. The van der Waals surface area contributed by atoms with Gasteiger partial charge in [-0.3, -0.25) is 4.79 Å². The molecule has 0 radical (unpaired) electrons. The number of aryl methyl sites for hydroxylation is 1. The Morgan fingerprint density at radius 2 is 2.05 bits per heavy atom. The van der Waals surface area contributed by atoms with Gasteiger partial charge in [-0.1, -0.05) is 6.07 Å². The molecule has 1 aromatic rings. The van der Waals surface area contributed by atoms with Crippen LogP contribution in [-0.2, 0) is 19.6 Å². The molecule has 1 aliphatic heterocycles. The quantitative estimate of drug-likeness (QED) is 0.785. The van der Waals surface area contributed by atoms with Crippen LogP contribution in [0.25, 0.3) is 0 Å². The molecule has 0 spiro atoms. The van der Waals surface area contributed by atoms with Crippen molar-refractivity contribution in [1.82, 2.24) is 4.31 Å². The highest BCUT2D eigenvalue weighted by Gasteiger charge is 2.35. The van der Waals surface area contributed by atoms with Crippen molar-refractivity contribution in [1.29, 1.82) is 0 Å². The Hall–Kier alpha value is -1.60. The Balaban J connectivity index is 2.34. The van der Waals surface area contributed by atoms with Crippen LogP contribution in [0.5, 0.6) is 5.75 Å². The average Bonchev–Trinajstić information content (AvgIpc) is 2.54. The van der Waals surface area contributed by atoms with Crippen molar-refractivity contribution in [3.8, 4) is 5.75 Å². The summed E-state index contributed by atoms with van der Waals surface area (Å²) < 4.78 is 37.0. The highest BCUT2D eigenvalue weighted by molar-refractivity contribution is 7.89. The van der Waals surface area contributed by atoms with E-state index in [4.69, 9.17) is 9.47 Å². The first-order valence-corrected chi connectivity index (χ1v) is 8.56. The van der Waals surface area contributed by atoms with E-state index in [1.54, 1.807) is 18.2 Å². The Labute approximate surface area is 131 Å². The van der Waals surface area contributed by atoms with E-state index in [1.165, 1.54) is 18.5 Å². The number of benzene rings is 1. The van der Waals surface area contributed by atoms with Gasteiger partial charge in [-0.05, 0) is 37.5 Å². The highest BCUT2D eigenvalue weighted by Crippen LogP contribution is 2.30. The third kappa shape index (κ3) is 3.25. The molecule has 0 saturated carbocycles. The van der Waals surface area contributed by atoms with Gasteiger partial charge in [0.1, 0.15) is 10.6 Å². The number of carbonyl (C=O) groups is 1. The minimum Gasteiger partial charge on any atom is -0.495 e. The summed E-state index contributed by atoms with van der Waals surface area (Å²) in [5.74, 6) is -0.466. The predicted molar refractivity (Wildman–Crippen MR) is 81.2 cm³/mol. The van der Waals surface area contributed by atoms with Gasteiger partial charge in [0.25, 0.3) is 0 Å². The Morgan fingerprint density at radius 3 is 2.68 bits per heavy atom. The molecule has 6 nitrogen and oxygen atoms in total. The van der Waals surface area contributed by atoms with E-state index in [2.05, 4.69) is 0 Å². The number of hydrogen-bond donors (Lipinski definition) is 0. The lowest BCUT2D eigenvalue weighted by atomic mass is 10.0. The van der Waals surface area contributed by atoms with E-state index in [0.717, 1.165) is 5.56 Å². The molecule has 1 aromatic carbocycles. The van der Waals surface area contributed by atoms with Crippen LogP contribution in [0.2, 0.25) is 0 Å². The average molecular weight is 327 g/mol. The summed E-state index contributed by atoms with van der Waals surface area (Å²) in [6, 6.07) is 5.03. The maximum Gasteiger partial charge on any atom is 0.309 e. The summed E-state index contributed by atoms with van der Waals surface area (Å²) in [7, 11) is -0.941. The first-order chi connectivity index (χ1) is 10.4. The van der Waals surface area contributed by atoms with E-state index in [9.17, 15) is 13.2 Å². The van der Waals surface area contributed by atoms with Gasteiger partial charge in [-0.25, -0.2) is 8.42 Å². The molecule has 1 heterocycles. The first-order valence-electron chi connectivity index (χ1n) is 7.12. The van der Waals surface area contributed by atoms with Crippen LogP contribution in [0.3, 0.4) is 0 Å². The number of esters is 1. The monoisotopic (exact) mass is 327 g/mol. The summed E-state index contributed by atoms with van der Waals surface area (Å²) >= 11 is 0. The fraction of sp³-hybridized carbons (Fsp3) is 0.533. The predicted octanol–water partition coefficient (Wildman–Crippen LogP) is 1.58. The molecule has 122 valence electrons. The van der Waals surface area contributed by atoms with E-state index >= 15 is 0 Å². The Bertz CT molecular complexity index is 656. The van der Waals surface area contributed by atoms with E-state index < -0.39 is 15.9 Å². The zero-order valence-corrected chi connectivity index (χ0v) is 13.9. The Kier molecular flexibility index (Phi) is 5.08. The van der Waals surface area contributed by atoms with Crippen LogP contribution in [0.4, 0.5) is 0 Å². The number of carbonyl (C=O) groups excluding carboxylic acids is 1. The van der Waals surface area contributed by atoms with E-state index in [0.29, 0.717) is 25.1 Å². The Morgan fingerprint density at radius 1 is 1.32 bits per heavy atom. The topological polar surface area (TPSA) is 72.9 Å². The number of nitrogens with zero attached hydrogens (tertiary/aromatic N) is 1. The van der Waals surface area contributed by atoms with Crippen molar-refractivity contribution in [3.05, 3.63) is 23.8 Å². The molecule has 1 fully saturated rings. The minimum atomic E-state index is -3.70. The summed E-state index contributed by atoms with van der Waals surface area (Å²) in [5.41, 5.74) is 0.834. The molecule has 7 heteroatoms. The number of hydrogen-bond acceptors (Lipinski definition) is 5. The summed E-state index contributed by atoms with van der Waals surface area (Å²) in [4.78, 5) is 11.8. The van der Waals surface area contributed by atoms with Crippen molar-refractivity contribution < 1.29 is 22.7 Å². The molecule has 1 aliphatic rings. The van der Waals surface area contributed by atoms with Crippen molar-refractivity contribution in [2.24, 2.45) is 5.92 Å². The largest absolute Gasteiger partial charge is 0.495 e. The maximum absolute atomic E-state index is 12.9. The van der Waals surface area contributed by atoms with Crippen molar-refractivity contribution in [3.63, 3.8) is 0 Å². The summed E-state index contributed by atoms with van der Waals surface area (Å²) in [6.45, 7) is 2.37. The lowest BCUT2D eigenvalue weighted by molar-refractivity contribution is -0.146. The lowest BCUT2D eigenvalue weighted by Gasteiger charge is -2.30. The molecule has 0 aromatic heterocycles. The molecular weight excluding hydrogens is 306 g/mol. The van der Waals surface area contributed by atoms with Crippen molar-refractivity contribution in [2.45, 2.75) is 24.7 Å². The van der Waals surface area contributed by atoms with Crippen LogP contribution in [0, 0.1) is 12.8 Å². The zero-order chi connectivity index (χ0) is 16.3. The number of ether oxygens (including phenoxy) is 2. The second-order valence-corrected chi connectivity index (χ2v) is 7.29. The van der Waals surface area contributed by atoms with Crippen LogP contribution in [0.15, 0.2) is 23.1 Å².